The average Bonchev–Trinajstić information content (AvgIpc) is 3.65. The van der Waals surface area contributed by atoms with Crippen molar-refractivity contribution < 1.29 is 14.7 Å². The fourth-order valence-electron chi connectivity index (χ4n) is 5.22. The van der Waals surface area contributed by atoms with E-state index in [-0.39, 0.29) is 16.9 Å². The number of nitrogens with zero attached hydrogens (tertiary/aromatic N) is 6. The third kappa shape index (κ3) is 5.45. The second kappa shape index (κ2) is 11.7. The second-order valence-electron chi connectivity index (χ2n) is 10.4. The number of hydrogen-bond acceptors (Lipinski definition) is 9. The molecule has 4 aromatic heterocycles. The number of aromatic hydroxyl groups is 1. The highest BCUT2D eigenvalue weighted by Crippen LogP contribution is 2.33. The Balaban J connectivity index is 0.000000242. The fraction of sp³-hybridized carbons (Fsp3) is 0.121. The first-order chi connectivity index (χ1) is 21.3. The molecule has 0 saturated heterocycles. The number of anilines is 1. The van der Waals surface area contributed by atoms with E-state index < -0.39 is 5.91 Å². The summed E-state index contributed by atoms with van der Waals surface area (Å²) >= 11 is 0. The monoisotopic (exact) mass is 584 g/mol. The molecule has 0 atom stereocenters. The number of primary amides is 1. The summed E-state index contributed by atoms with van der Waals surface area (Å²) in [5.74, 6) is 0.381. The molecule has 0 radical (unpaired) electrons. The Morgan fingerprint density at radius 2 is 1.80 bits per heavy atom. The Labute approximate surface area is 252 Å². The van der Waals surface area contributed by atoms with Crippen LogP contribution in [0.25, 0.3) is 39.6 Å². The number of imidazole rings is 1. The van der Waals surface area contributed by atoms with Crippen LogP contribution >= 0.6 is 0 Å². The van der Waals surface area contributed by atoms with Gasteiger partial charge in [0.15, 0.2) is 17.8 Å². The minimum atomic E-state index is -0.627. The third-order valence-corrected chi connectivity index (χ3v) is 7.38. The van der Waals surface area contributed by atoms with E-state index in [4.69, 9.17) is 26.5 Å². The normalized spacial score (nSPS) is 11.9. The molecule has 4 heterocycles. The standard InChI is InChI=1S/C25H21N7.C8H7NO3/c1-15-13-27-14-22(29-15)20-9-10-21-25(30-20)32(18-8-7-16-4-2-5-17(16)12-18)24(31-21)19-6-3-11-28-23(19)26;9-8(12)5-1-2-7(11)6(3-5)4-10/h3,6-14H,2,4-5H2,1H3,(H2,26,28);1-4,11H,(H2,9,12). The zero-order valence-electron chi connectivity index (χ0n) is 23.8. The maximum absolute atomic E-state index is 10.6. The van der Waals surface area contributed by atoms with Gasteiger partial charge in [-0.1, -0.05) is 6.07 Å². The van der Waals surface area contributed by atoms with Crippen LogP contribution in [0.15, 0.2) is 79.3 Å². The number of aromatic nitrogens is 6. The predicted octanol–water partition coefficient (Wildman–Crippen LogP) is 4.62. The number of fused-ring (bicyclic) bond motifs is 2. The SMILES string of the molecule is Cc1cncc(-c2ccc3nc(-c4cccnc4N)n(-c4ccc5c(c4)CCC5)c3n2)n1.NC(=O)c1ccc(O)c(C=O)c1. The second-order valence-corrected chi connectivity index (χ2v) is 10.4. The van der Waals surface area contributed by atoms with E-state index >= 15 is 0 Å². The van der Waals surface area contributed by atoms with Gasteiger partial charge >= 0.3 is 0 Å². The summed E-state index contributed by atoms with van der Waals surface area (Å²) in [6.45, 7) is 1.92. The molecule has 0 saturated carbocycles. The van der Waals surface area contributed by atoms with E-state index in [1.165, 1.54) is 35.7 Å². The Bertz CT molecular complexity index is 2050. The van der Waals surface area contributed by atoms with Gasteiger partial charge < -0.3 is 16.6 Å². The Hall–Kier alpha value is -5.97. The molecular formula is C33H28N8O3. The maximum Gasteiger partial charge on any atom is 0.248 e. The highest BCUT2D eigenvalue weighted by molar-refractivity contribution is 5.95. The molecule has 218 valence electrons. The number of rotatable bonds is 5. The molecule has 2 aromatic carbocycles. The molecule has 44 heavy (non-hydrogen) atoms. The van der Waals surface area contributed by atoms with Gasteiger partial charge in [-0.3, -0.25) is 19.1 Å². The topological polar surface area (TPSA) is 176 Å². The van der Waals surface area contributed by atoms with Crippen molar-refractivity contribution in [2.75, 3.05) is 5.73 Å². The molecule has 11 heteroatoms. The molecular weight excluding hydrogens is 556 g/mol. The van der Waals surface area contributed by atoms with Crippen LogP contribution in [0.2, 0.25) is 0 Å². The van der Waals surface area contributed by atoms with Crippen LogP contribution in [0.5, 0.6) is 5.75 Å². The van der Waals surface area contributed by atoms with Gasteiger partial charge in [0.25, 0.3) is 0 Å². The van der Waals surface area contributed by atoms with E-state index in [0.29, 0.717) is 12.1 Å². The van der Waals surface area contributed by atoms with Gasteiger partial charge in [-0.25, -0.2) is 19.9 Å². The van der Waals surface area contributed by atoms with Gasteiger partial charge in [-0.15, -0.1) is 0 Å². The summed E-state index contributed by atoms with van der Waals surface area (Å²) in [5.41, 5.74) is 19.9. The molecule has 0 unspecified atom stereocenters. The van der Waals surface area contributed by atoms with E-state index in [1.807, 2.05) is 31.2 Å². The largest absolute Gasteiger partial charge is 0.507 e. The lowest BCUT2D eigenvalue weighted by Gasteiger charge is -2.12. The van der Waals surface area contributed by atoms with E-state index in [2.05, 4.69) is 37.7 Å². The predicted molar refractivity (Wildman–Crippen MR) is 166 cm³/mol. The smallest absolute Gasteiger partial charge is 0.248 e. The Morgan fingerprint density at radius 3 is 2.57 bits per heavy atom. The lowest BCUT2D eigenvalue weighted by atomic mass is 10.1. The molecule has 1 aliphatic rings. The molecule has 0 bridgehead atoms. The molecule has 1 amide bonds. The quantitative estimate of drug-likeness (QED) is 0.244. The minimum absolute atomic E-state index is 0.0614. The Kier molecular flexibility index (Phi) is 7.51. The maximum atomic E-state index is 10.6. The molecule has 0 aliphatic heterocycles. The molecule has 1 aliphatic carbocycles. The summed E-state index contributed by atoms with van der Waals surface area (Å²) in [6.07, 6.45) is 9.04. The highest BCUT2D eigenvalue weighted by atomic mass is 16.3. The minimum Gasteiger partial charge on any atom is -0.507 e. The lowest BCUT2D eigenvalue weighted by molar-refractivity contribution is 0.1000. The number of pyridine rings is 2. The van der Waals surface area contributed by atoms with Gasteiger partial charge in [-0.2, -0.15) is 0 Å². The van der Waals surface area contributed by atoms with Crippen LogP contribution in [0, 0.1) is 6.92 Å². The van der Waals surface area contributed by atoms with E-state index in [1.54, 1.807) is 18.6 Å². The molecule has 0 fully saturated rings. The average molecular weight is 585 g/mol. The van der Waals surface area contributed by atoms with Crippen molar-refractivity contribution in [3.8, 4) is 34.2 Å². The van der Waals surface area contributed by atoms with Crippen molar-refractivity contribution in [2.24, 2.45) is 5.73 Å². The third-order valence-electron chi connectivity index (χ3n) is 7.38. The van der Waals surface area contributed by atoms with Gasteiger partial charge in [0.2, 0.25) is 5.91 Å². The summed E-state index contributed by atoms with van der Waals surface area (Å²) < 4.78 is 2.08. The van der Waals surface area contributed by atoms with Crippen LogP contribution in [0.3, 0.4) is 0 Å². The summed E-state index contributed by atoms with van der Waals surface area (Å²) in [4.78, 5) is 43.9. The van der Waals surface area contributed by atoms with Crippen molar-refractivity contribution in [1.82, 2.24) is 29.5 Å². The Morgan fingerprint density at radius 1 is 0.955 bits per heavy atom. The van der Waals surface area contributed by atoms with Crippen molar-refractivity contribution in [3.63, 3.8) is 0 Å². The summed E-state index contributed by atoms with van der Waals surface area (Å²) in [7, 11) is 0. The van der Waals surface area contributed by atoms with Gasteiger partial charge in [0, 0.05) is 23.6 Å². The van der Waals surface area contributed by atoms with Crippen molar-refractivity contribution >= 4 is 29.2 Å². The van der Waals surface area contributed by atoms with E-state index in [9.17, 15) is 9.59 Å². The molecule has 5 N–H and O–H groups in total. The number of aldehydes is 1. The number of hydrogen-bond donors (Lipinski definition) is 3. The van der Waals surface area contributed by atoms with Crippen molar-refractivity contribution in [1.29, 1.82) is 0 Å². The van der Waals surface area contributed by atoms with Crippen LogP contribution in [-0.4, -0.2) is 46.8 Å². The number of benzene rings is 2. The lowest BCUT2D eigenvalue weighted by Crippen LogP contribution is -2.10. The summed E-state index contributed by atoms with van der Waals surface area (Å²) in [6, 6.07) is 18.2. The number of carbonyl (C=O) groups is 2. The van der Waals surface area contributed by atoms with Gasteiger partial charge in [0.1, 0.15) is 22.8 Å². The number of aryl methyl sites for hydroxylation is 3. The van der Waals surface area contributed by atoms with Gasteiger partial charge in [0.05, 0.1) is 28.7 Å². The van der Waals surface area contributed by atoms with Crippen LogP contribution < -0.4 is 11.5 Å². The first kappa shape index (κ1) is 28.2. The number of phenolic OH excluding ortho intramolecular Hbond substituents is 1. The number of nitrogen functional groups attached to an aromatic ring is 1. The zero-order chi connectivity index (χ0) is 30.8. The summed E-state index contributed by atoms with van der Waals surface area (Å²) in [5, 5.41) is 9.03. The van der Waals surface area contributed by atoms with E-state index in [0.717, 1.165) is 58.2 Å². The van der Waals surface area contributed by atoms with Gasteiger partial charge in [-0.05, 0) is 91.9 Å². The number of phenols is 1. The first-order valence-electron chi connectivity index (χ1n) is 13.9. The fourth-order valence-corrected chi connectivity index (χ4v) is 5.22. The van der Waals surface area contributed by atoms with Crippen molar-refractivity contribution in [2.45, 2.75) is 26.2 Å². The number of amides is 1. The molecule has 0 spiro atoms. The molecule has 6 aromatic rings. The number of carbonyl (C=O) groups excluding carboxylic acids is 2. The van der Waals surface area contributed by atoms with Crippen molar-refractivity contribution in [3.05, 3.63) is 107 Å². The van der Waals surface area contributed by atoms with Crippen LogP contribution in [-0.2, 0) is 12.8 Å². The molecule has 11 nitrogen and oxygen atoms in total. The first-order valence-corrected chi connectivity index (χ1v) is 13.9. The zero-order valence-corrected chi connectivity index (χ0v) is 23.8. The van der Waals surface area contributed by atoms with Crippen LogP contribution in [0.4, 0.5) is 5.82 Å². The molecule has 7 rings (SSSR count). The number of nitrogens with two attached hydrogens (primary N) is 2. The van der Waals surface area contributed by atoms with Crippen LogP contribution in [0.1, 0.15) is 44.0 Å². The highest BCUT2D eigenvalue weighted by Gasteiger charge is 2.20.